The van der Waals surface area contributed by atoms with Crippen molar-refractivity contribution in [3.05, 3.63) is 0 Å². The van der Waals surface area contributed by atoms with E-state index in [0.717, 1.165) is 20.8 Å². The van der Waals surface area contributed by atoms with E-state index in [0.29, 0.717) is 0 Å². The van der Waals surface area contributed by atoms with Crippen LogP contribution in [0.4, 0.5) is 0 Å². The largest absolute Gasteiger partial charge is 0.870 e. The van der Waals surface area contributed by atoms with Crippen LogP contribution in [0, 0.1) is 0 Å². The fourth-order valence-corrected chi connectivity index (χ4v) is 3.12. The smallest absolute Gasteiger partial charge is 0.462 e. The van der Waals surface area contributed by atoms with Gasteiger partial charge in [-0.1, -0.05) is 53.4 Å². The van der Waals surface area contributed by atoms with Gasteiger partial charge >= 0.3 is 7.32 Å². The van der Waals surface area contributed by atoms with Crippen LogP contribution >= 0.6 is 0 Å². The summed E-state index contributed by atoms with van der Waals surface area (Å²) in [6.07, 6.45) is 11.1. The molecule has 0 aliphatic rings. The number of unbranched alkanes of at least 4 members (excludes halogenated alkanes) is 4. The van der Waals surface area contributed by atoms with Crippen LogP contribution in [0.5, 0.6) is 0 Å². The molecule has 0 spiro atoms. The van der Waals surface area contributed by atoms with Gasteiger partial charge in [0.25, 0.3) is 17.9 Å². The second-order valence-electron chi connectivity index (χ2n) is 7.77. The molecule has 0 amide bonds. The Labute approximate surface area is 184 Å². The normalized spacial score (nSPS) is 10.5. The Morgan fingerprint density at radius 1 is 0.567 bits per heavy atom. The third-order valence-corrected chi connectivity index (χ3v) is 4.73. The lowest BCUT2D eigenvalue weighted by atomic mass is 10.1. The first-order valence-electron chi connectivity index (χ1n) is 11.5. The molecule has 0 rings (SSSR count). The number of hydrogen-bond acceptors (Lipinski definition) is 6. The van der Waals surface area contributed by atoms with Gasteiger partial charge in [0, 0.05) is 20.8 Å². The average Bonchev–Trinajstić information content (AvgIpc) is 2.66. The molecule has 0 radical (unpaired) electrons. The van der Waals surface area contributed by atoms with Crippen LogP contribution in [-0.4, -0.2) is 55.9 Å². The zero-order valence-electron chi connectivity index (χ0n) is 20.5. The van der Waals surface area contributed by atoms with Gasteiger partial charge in [-0.2, -0.15) is 0 Å². The molecule has 0 N–H and O–H groups in total. The molecule has 0 fully saturated rings. The number of carbonyl (C=O) groups excluding carboxylic acids is 3. The van der Waals surface area contributed by atoms with Gasteiger partial charge in [0.15, 0.2) is 0 Å². The fourth-order valence-electron chi connectivity index (χ4n) is 3.12. The lowest BCUT2D eigenvalue weighted by Crippen LogP contribution is -2.50. The highest BCUT2D eigenvalue weighted by Gasteiger charge is 2.33. The summed E-state index contributed by atoms with van der Waals surface area (Å²) < 4.78 is 14.5. The van der Waals surface area contributed by atoms with Crippen molar-refractivity contribution in [2.45, 2.75) is 99.8 Å². The highest BCUT2D eigenvalue weighted by atomic mass is 16.8. The van der Waals surface area contributed by atoms with Crippen molar-refractivity contribution in [3.63, 3.8) is 0 Å². The molecule has 176 valence electrons. The number of nitrogens with zero attached hydrogens (tertiary/aromatic N) is 1. The molecule has 8 heteroatoms. The lowest BCUT2D eigenvalue weighted by molar-refractivity contribution is -0.929. The van der Waals surface area contributed by atoms with Crippen LogP contribution in [0.25, 0.3) is 0 Å². The maximum atomic E-state index is 10.4. The molecule has 0 saturated carbocycles. The van der Waals surface area contributed by atoms with E-state index in [9.17, 15) is 14.4 Å². The lowest BCUT2D eigenvalue weighted by Gasteiger charge is -2.39. The van der Waals surface area contributed by atoms with Crippen molar-refractivity contribution in [1.82, 2.24) is 0 Å². The number of rotatable bonds is 15. The van der Waals surface area contributed by atoms with Crippen molar-refractivity contribution >= 4 is 25.2 Å². The van der Waals surface area contributed by atoms with Gasteiger partial charge < -0.3 is 18.4 Å². The third-order valence-electron chi connectivity index (χ3n) is 4.73. The van der Waals surface area contributed by atoms with E-state index >= 15 is 0 Å². The summed E-state index contributed by atoms with van der Waals surface area (Å²) in [6, 6.07) is 0. The number of quaternary nitrogens is 1. The quantitative estimate of drug-likeness (QED) is 0.278. The summed E-state index contributed by atoms with van der Waals surface area (Å²) in [7, 11) is -1.59. The van der Waals surface area contributed by atoms with Gasteiger partial charge in [0.05, 0.1) is 26.2 Å². The summed E-state index contributed by atoms with van der Waals surface area (Å²) >= 11 is 0. The number of carbonyl (C=O) groups is 3. The Kier molecular flexibility index (Phi) is 19.8. The van der Waals surface area contributed by atoms with E-state index < -0.39 is 25.2 Å². The molecule has 0 aromatic rings. The van der Waals surface area contributed by atoms with E-state index in [4.69, 9.17) is 0 Å². The highest BCUT2D eigenvalue weighted by Crippen LogP contribution is 2.16. The predicted octanol–water partition coefficient (Wildman–Crippen LogP) is 4.66. The fraction of sp³-hybridized carbons (Fsp3) is 0.864. The third kappa shape index (κ3) is 18.5. The van der Waals surface area contributed by atoms with Gasteiger partial charge in [-0.25, -0.2) is 0 Å². The number of hydrogen-bond donors (Lipinski definition) is 0. The molecular weight excluding hydrogens is 385 g/mol. The van der Waals surface area contributed by atoms with Crippen molar-refractivity contribution in [2.75, 3.05) is 26.2 Å². The van der Waals surface area contributed by atoms with E-state index in [2.05, 4.69) is 41.7 Å². The van der Waals surface area contributed by atoms with Gasteiger partial charge in [0.1, 0.15) is 0 Å². The van der Waals surface area contributed by atoms with Crippen LogP contribution in [-0.2, 0) is 28.3 Å². The molecule has 0 aliphatic carbocycles. The zero-order chi connectivity index (χ0) is 23.4. The molecule has 0 bridgehead atoms. The minimum atomic E-state index is -1.59. The predicted molar refractivity (Wildman–Crippen MR) is 120 cm³/mol. The summed E-state index contributed by atoms with van der Waals surface area (Å²) in [6.45, 7) is 18.3. The monoisotopic (exact) mass is 430 g/mol. The van der Waals surface area contributed by atoms with Crippen molar-refractivity contribution in [3.8, 4) is 0 Å². The highest BCUT2D eigenvalue weighted by molar-refractivity contribution is 6.43. The molecule has 0 atom stereocenters. The molecule has 0 aromatic carbocycles. The standard InChI is InChI=1S/C16H36N.C6H9BO6/c1-5-9-13-17(14-10-6-2,15-11-7-3)16-12-8-4;1-4(8)11-7(12-5(2)9)13-6(3)10/h5-16H2,1-4H3;1-3H3/q+1;. The Hall–Kier alpha value is -1.57. The molecule has 0 heterocycles. The van der Waals surface area contributed by atoms with E-state index in [1.165, 1.54) is 82.0 Å². The van der Waals surface area contributed by atoms with Gasteiger partial charge in [-0.05, 0) is 25.7 Å². The first-order valence-corrected chi connectivity index (χ1v) is 11.5. The summed E-state index contributed by atoms with van der Waals surface area (Å²) in [5.74, 6) is -2.15. The first kappa shape index (κ1) is 30.6. The zero-order valence-corrected chi connectivity index (χ0v) is 20.5. The van der Waals surface area contributed by atoms with Crippen molar-refractivity contribution in [1.29, 1.82) is 0 Å². The maximum Gasteiger partial charge on any atom is 0.870 e. The van der Waals surface area contributed by atoms with Crippen molar-refractivity contribution in [2.24, 2.45) is 0 Å². The van der Waals surface area contributed by atoms with E-state index in [1.54, 1.807) is 0 Å². The molecule has 30 heavy (non-hydrogen) atoms. The molecule has 0 unspecified atom stereocenters. The van der Waals surface area contributed by atoms with Gasteiger partial charge in [-0.15, -0.1) is 0 Å². The van der Waals surface area contributed by atoms with Crippen LogP contribution < -0.4 is 0 Å². The van der Waals surface area contributed by atoms with Crippen molar-refractivity contribution < 1.29 is 32.8 Å². The molecular formula is C22H45BNO6+. The minimum Gasteiger partial charge on any atom is -0.462 e. The van der Waals surface area contributed by atoms with Crippen LogP contribution in [0.15, 0.2) is 0 Å². The van der Waals surface area contributed by atoms with E-state index in [-0.39, 0.29) is 0 Å². The summed E-state index contributed by atoms with van der Waals surface area (Å²) in [4.78, 5) is 31.2. The minimum absolute atomic E-state index is 0.715. The van der Waals surface area contributed by atoms with Crippen LogP contribution in [0.2, 0.25) is 0 Å². The summed E-state index contributed by atoms with van der Waals surface area (Å²) in [5, 5.41) is 0. The molecule has 0 saturated heterocycles. The Morgan fingerprint density at radius 2 is 0.800 bits per heavy atom. The Bertz CT molecular complexity index is 397. The molecule has 0 aromatic heterocycles. The van der Waals surface area contributed by atoms with E-state index in [1.807, 2.05) is 0 Å². The van der Waals surface area contributed by atoms with Gasteiger partial charge in [-0.3, -0.25) is 14.4 Å². The first-order chi connectivity index (χ1) is 14.2. The second kappa shape index (κ2) is 19.4. The maximum absolute atomic E-state index is 10.4. The Morgan fingerprint density at radius 3 is 0.967 bits per heavy atom. The van der Waals surface area contributed by atoms with Crippen LogP contribution in [0.3, 0.4) is 0 Å². The second-order valence-corrected chi connectivity index (χ2v) is 7.77. The Balaban J connectivity index is 0. The van der Waals surface area contributed by atoms with Gasteiger partial charge in [0.2, 0.25) is 0 Å². The van der Waals surface area contributed by atoms with Crippen LogP contribution in [0.1, 0.15) is 99.8 Å². The molecule has 7 nitrogen and oxygen atoms in total. The summed E-state index contributed by atoms with van der Waals surface area (Å²) in [5.41, 5.74) is 0. The molecule has 0 aliphatic heterocycles. The topological polar surface area (TPSA) is 78.9 Å². The average molecular weight is 430 g/mol. The SMILES string of the molecule is CC(=O)OB(OC(C)=O)OC(C)=O.CCCC[N+](CCCC)(CCCC)CCCC.